The van der Waals surface area contributed by atoms with Crippen molar-refractivity contribution in [2.45, 2.75) is 51.2 Å². The number of benzene rings is 1. The Hall–Kier alpha value is -0.860. The van der Waals surface area contributed by atoms with E-state index in [9.17, 15) is 0 Å². The molecule has 0 aromatic heterocycles. The molecule has 2 nitrogen and oxygen atoms in total. The van der Waals surface area contributed by atoms with Crippen LogP contribution in [0.25, 0.3) is 0 Å². The van der Waals surface area contributed by atoms with Crippen molar-refractivity contribution in [2.75, 3.05) is 13.1 Å². The summed E-state index contributed by atoms with van der Waals surface area (Å²) >= 11 is 0. The van der Waals surface area contributed by atoms with E-state index in [4.69, 9.17) is 0 Å². The number of likely N-dealkylation sites (tertiary alicyclic amines) is 1. The van der Waals surface area contributed by atoms with E-state index in [2.05, 4.69) is 47.5 Å². The van der Waals surface area contributed by atoms with E-state index in [1.807, 2.05) is 0 Å². The fourth-order valence-electron chi connectivity index (χ4n) is 3.40. The van der Waals surface area contributed by atoms with Crippen LogP contribution in [0, 0.1) is 5.92 Å². The van der Waals surface area contributed by atoms with E-state index < -0.39 is 0 Å². The molecule has 19 heavy (non-hydrogen) atoms. The molecule has 0 radical (unpaired) electrons. The van der Waals surface area contributed by atoms with Crippen LogP contribution in [0.15, 0.2) is 30.3 Å². The molecule has 3 atom stereocenters. The third-order valence-electron chi connectivity index (χ3n) is 4.55. The third-order valence-corrected chi connectivity index (χ3v) is 4.55. The molecule has 1 aromatic carbocycles. The normalized spacial score (nSPS) is 30.7. The van der Waals surface area contributed by atoms with Crippen molar-refractivity contribution in [1.29, 1.82) is 0 Å². The van der Waals surface area contributed by atoms with Gasteiger partial charge in [-0.25, -0.2) is 0 Å². The summed E-state index contributed by atoms with van der Waals surface area (Å²) in [6.45, 7) is 5.89. The summed E-state index contributed by atoms with van der Waals surface area (Å²) in [7, 11) is 0. The second-order valence-electron chi connectivity index (χ2n) is 6.26. The van der Waals surface area contributed by atoms with E-state index in [1.54, 1.807) is 0 Å². The Morgan fingerprint density at radius 1 is 1.26 bits per heavy atom. The molecule has 1 saturated heterocycles. The summed E-state index contributed by atoms with van der Waals surface area (Å²) in [5.74, 6) is 0.980. The lowest BCUT2D eigenvalue weighted by Gasteiger charge is -2.17. The molecular formula is C17H26N2. The van der Waals surface area contributed by atoms with Gasteiger partial charge in [0, 0.05) is 31.7 Å². The maximum absolute atomic E-state index is 3.86. The van der Waals surface area contributed by atoms with E-state index in [0.29, 0.717) is 0 Å². The quantitative estimate of drug-likeness (QED) is 0.843. The van der Waals surface area contributed by atoms with Crippen LogP contribution in [0.2, 0.25) is 0 Å². The Labute approximate surface area is 117 Å². The highest BCUT2D eigenvalue weighted by atomic mass is 15.2. The highest BCUT2D eigenvalue weighted by molar-refractivity contribution is 5.14. The van der Waals surface area contributed by atoms with Gasteiger partial charge in [-0.1, -0.05) is 43.7 Å². The fourth-order valence-corrected chi connectivity index (χ4v) is 3.40. The van der Waals surface area contributed by atoms with Crippen LogP contribution in [-0.2, 0) is 6.54 Å². The third kappa shape index (κ3) is 3.58. The van der Waals surface area contributed by atoms with Crippen LogP contribution in [0.4, 0.5) is 0 Å². The van der Waals surface area contributed by atoms with Crippen LogP contribution in [0.1, 0.15) is 38.2 Å². The highest BCUT2D eigenvalue weighted by Crippen LogP contribution is 2.35. The summed E-state index contributed by atoms with van der Waals surface area (Å²) < 4.78 is 0. The minimum Gasteiger partial charge on any atom is -0.310 e. The molecule has 0 amide bonds. The monoisotopic (exact) mass is 258 g/mol. The van der Waals surface area contributed by atoms with Crippen LogP contribution in [-0.4, -0.2) is 30.1 Å². The van der Waals surface area contributed by atoms with Crippen LogP contribution in [0.3, 0.4) is 0 Å². The average molecular weight is 258 g/mol. The van der Waals surface area contributed by atoms with Crippen molar-refractivity contribution in [3.63, 3.8) is 0 Å². The minimum atomic E-state index is 0.732. The highest BCUT2D eigenvalue weighted by Gasteiger charge is 2.38. The molecule has 2 fully saturated rings. The second-order valence-corrected chi connectivity index (χ2v) is 6.26. The minimum absolute atomic E-state index is 0.732. The molecule has 1 aromatic rings. The van der Waals surface area contributed by atoms with E-state index in [-0.39, 0.29) is 0 Å². The van der Waals surface area contributed by atoms with Crippen molar-refractivity contribution in [1.82, 2.24) is 10.2 Å². The van der Waals surface area contributed by atoms with Crippen molar-refractivity contribution >= 4 is 0 Å². The van der Waals surface area contributed by atoms with Gasteiger partial charge >= 0.3 is 0 Å². The summed E-state index contributed by atoms with van der Waals surface area (Å²) in [6.07, 6.45) is 5.50. The summed E-state index contributed by atoms with van der Waals surface area (Å²) in [5.41, 5.74) is 1.44. The molecule has 1 aliphatic heterocycles. The van der Waals surface area contributed by atoms with Gasteiger partial charge in [-0.2, -0.15) is 0 Å². The molecule has 1 heterocycles. The number of hydrogen-bond acceptors (Lipinski definition) is 2. The van der Waals surface area contributed by atoms with Crippen LogP contribution in [0.5, 0.6) is 0 Å². The number of rotatable bonds is 6. The summed E-state index contributed by atoms with van der Waals surface area (Å²) in [5, 5.41) is 3.86. The Bertz CT molecular complexity index is 390. The van der Waals surface area contributed by atoms with Gasteiger partial charge < -0.3 is 5.32 Å². The first kappa shape index (κ1) is 13.1. The Morgan fingerprint density at radius 2 is 2.11 bits per heavy atom. The lowest BCUT2D eigenvalue weighted by Crippen LogP contribution is -2.34. The van der Waals surface area contributed by atoms with Gasteiger partial charge in [0.2, 0.25) is 0 Å². The van der Waals surface area contributed by atoms with Crippen molar-refractivity contribution < 1.29 is 0 Å². The predicted octanol–water partition coefficient (Wildman–Crippen LogP) is 3.04. The number of nitrogens with one attached hydrogen (secondary N) is 1. The average Bonchev–Trinajstić information content (AvgIpc) is 2.99. The number of hydrogen-bond donors (Lipinski definition) is 1. The van der Waals surface area contributed by atoms with Crippen LogP contribution < -0.4 is 5.32 Å². The van der Waals surface area contributed by atoms with Crippen molar-refractivity contribution in [2.24, 2.45) is 5.92 Å². The molecule has 3 unspecified atom stereocenters. The number of nitrogens with zero attached hydrogens (tertiary/aromatic N) is 1. The molecule has 3 rings (SSSR count). The molecule has 2 heteroatoms. The van der Waals surface area contributed by atoms with Gasteiger partial charge in [0.15, 0.2) is 0 Å². The predicted molar refractivity (Wildman–Crippen MR) is 80.1 cm³/mol. The van der Waals surface area contributed by atoms with Gasteiger partial charge in [-0.3, -0.25) is 4.90 Å². The smallest absolute Gasteiger partial charge is 0.0234 e. The lowest BCUT2D eigenvalue weighted by molar-refractivity contribution is 0.319. The van der Waals surface area contributed by atoms with Gasteiger partial charge in [-0.05, 0) is 30.7 Å². The zero-order valence-corrected chi connectivity index (χ0v) is 12.0. The molecule has 0 spiro atoms. The molecule has 2 aliphatic rings. The molecule has 1 N–H and O–H groups in total. The summed E-state index contributed by atoms with van der Waals surface area (Å²) in [6, 6.07) is 12.4. The molecule has 104 valence electrons. The molecule has 0 bridgehead atoms. The molecular weight excluding hydrogens is 232 g/mol. The van der Waals surface area contributed by atoms with Crippen LogP contribution >= 0.6 is 0 Å². The first-order chi connectivity index (χ1) is 9.35. The van der Waals surface area contributed by atoms with E-state index in [1.165, 1.54) is 44.3 Å². The second kappa shape index (κ2) is 6.06. The topological polar surface area (TPSA) is 15.3 Å². The zero-order chi connectivity index (χ0) is 13.1. The van der Waals surface area contributed by atoms with Gasteiger partial charge in [0.05, 0.1) is 0 Å². The molecule has 1 saturated carbocycles. The van der Waals surface area contributed by atoms with E-state index in [0.717, 1.165) is 24.5 Å². The SMILES string of the molecule is CCCC1CC1NC1CCN(Cc2ccccc2)C1. The Balaban J connectivity index is 1.41. The van der Waals surface area contributed by atoms with Crippen molar-refractivity contribution in [3.8, 4) is 0 Å². The lowest BCUT2D eigenvalue weighted by atomic mass is 10.2. The summed E-state index contributed by atoms with van der Waals surface area (Å²) in [4.78, 5) is 2.59. The maximum Gasteiger partial charge on any atom is 0.0234 e. The fraction of sp³-hybridized carbons (Fsp3) is 0.647. The van der Waals surface area contributed by atoms with Gasteiger partial charge in [0.1, 0.15) is 0 Å². The maximum atomic E-state index is 3.86. The standard InChI is InChI=1S/C17H26N2/c1-2-6-15-11-17(15)18-16-9-10-19(13-16)12-14-7-4-3-5-8-14/h3-5,7-8,15-18H,2,6,9-13H2,1H3. The largest absolute Gasteiger partial charge is 0.310 e. The first-order valence-corrected chi connectivity index (χ1v) is 7.87. The van der Waals surface area contributed by atoms with E-state index >= 15 is 0 Å². The first-order valence-electron chi connectivity index (χ1n) is 7.87. The van der Waals surface area contributed by atoms with Gasteiger partial charge in [0.25, 0.3) is 0 Å². The van der Waals surface area contributed by atoms with Gasteiger partial charge in [-0.15, -0.1) is 0 Å². The zero-order valence-electron chi connectivity index (χ0n) is 12.0. The Kier molecular flexibility index (Phi) is 4.19. The Morgan fingerprint density at radius 3 is 2.89 bits per heavy atom. The van der Waals surface area contributed by atoms with Crippen molar-refractivity contribution in [3.05, 3.63) is 35.9 Å². The molecule has 1 aliphatic carbocycles.